The lowest BCUT2D eigenvalue weighted by atomic mass is 10.3. The zero-order chi connectivity index (χ0) is 11.5. The molecular formula is C8H4BrF3N2O. The van der Waals surface area contributed by atoms with E-state index < -0.39 is 12.2 Å². The van der Waals surface area contributed by atoms with E-state index in [1.165, 1.54) is 12.1 Å². The molecule has 80 valence electrons. The van der Waals surface area contributed by atoms with Crippen LogP contribution >= 0.6 is 15.9 Å². The van der Waals surface area contributed by atoms with E-state index in [0.29, 0.717) is 0 Å². The van der Waals surface area contributed by atoms with Gasteiger partial charge in [-0.15, -0.1) is 13.2 Å². The predicted molar refractivity (Wildman–Crippen MR) is 48.3 cm³/mol. The number of nitrogens with zero attached hydrogens (tertiary/aromatic N) is 2. The van der Waals surface area contributed by atoms with Crippen molar-refractivity contribution in [3.8, 4) is 11.9 Å². The van der Waals surface area contributed by atoms with Gasteiger partial charge in [-0.1, -0.05) is 15.9 Å². The summed E-state index contributed by atoms with van der Waals surface area (Å²) in [5, 5.41) is 8.63. The summed E-state index contributed by atoms with van der Waals surface area (Å²) in [7, 11) is 0. The molecule has 1 aromatic heterocycles. The highest BCUT2D eigenvalue weighted by Gasteiger charge is 2.32. The molecule has 0 aliphatic rings. The lowest BCUT2D eigenvalue weighted by Gasteiger charge is -2.10. The molecule has 0 bridgehead atoms. The van der Waals surface area contributed by atoms with Crippen LogP contribution in [0.1, 0.15) is 11.3 Å². The molecule has 0 saturated carbocycles. The summed E-state index contributed by atoms with van der Waals surface area (Å²) < 4.78 is 39.5. The minimum absolute atomic E-state index is 0.126. The maximum absolute atomic E-state index is 11.9. The zero-order valence-electron chi connectivity index (χ0n) is 7.18. The fourth-order valence-electron chi connectivity index (χ4n) is 0.831. The number of pyridine rings is 1. The Kier molecular flexibility index (Phi) is 3.52. The SMILES string of the molecule is N#Cc1ccc(CBr)c(OC(F)(F)F)n1. The summed E-state index contributed by atoms with van der Waals surface area (Å²) >= 11 is 2.99. The quantitative estimate of drug-likeness (QED) is 0.783. The third-order valence-electron chi connectivity index (χ3n) is 1.41. The first-order chi connectivity index (χ1) is 6.96. The van der Waals surface area contributed by atoms with Crippen molar-refractivity contribution in [2.45, 2.75) is 11.7 Å². The number of nitriles is 1. The zero-order valence-corrected chi connectivity index (χ0v) is 8.76. The number of hydrogen-bond acceptors (Lipinski definition) is 3. The molecule has 15 heavy (non-hydrogen) atoms. The highest BCUT2D eigenvalue weighted by molar-refractivity contribution is 9.08. The minimum atomic E-state index is -4.81. The number of alkyl halides is 4. The third kappa shape index (κ3) is 3.40. The minimum Gasteiger partial charge on any atom is -0.388 e. The van der Waals surface area contributed by atoms with Crippen molar-refractivity contribution in [2.24, 2.45) is 0 Å². The first kappa shape index (κ1) is 11.8. The molecule has 0 saturated heterocycles. The Hall–Kier alpha value is -1.29. The Balaban J connectivity index is 3.08. The van der Waals surface area contributed by atoms with Crippen molar-refractivity contribution in [3.63, 3.8) is 0 Å². The molecule has 0 atom stereocenters. The van der Waals surface area contributed by atoms with Gasteiger partial charge in [0.05, 0.1) is 0 Å². The second-order valence-corrected chi connectivity index (χ2v) is 3.01. The summed E-state index contributed by atoms with van der Waals surface area (Å²) in [5.41, 5.74) is 0.102. The lowest BCUT2D eigenvalue weighted by molar-refractivity contribution is -0.276. The van der Waals surface area contributed by atoms with Crippen LogP contribution in [0.5, 0.6) is 5.88 Å². The molecule has 0 amide bonds. The van der Waals surface area contributed by atoms with Crippen molar-refractivity contribution >= 4 is 15.9 Å². The molecule has 0 unspecified atom stereocenters. The van der Waals surface area contributed by atoms with Crippen LogP contribution in [-0.2, 0) is 5.33 Å². The van der Waals surface area contributed by atoms with Gasteiger partial charge < -0.3 is 4.74 Å². The summed E-state index contributed by atoms with van der Waals surface area (Å²) in [6, 6.07) is 4.30. The van der Waals surface area contributed by atoms with Crippen molar-refractivity contribution in [3.05, 3.63) is 23.4 Å². The topological polar surface area (TPSA) is 45.9 Å². The van der Waals surface area contributed by atoms with E-state index >= 15 is 0 Å². The fraction of sp³-hybridized carbons (Fsp3) is 0.250. The Morgan fingerprint density at radius 1 is 1.47 bits per heavy atom. The predicted octanol–water partition coefficient (Wildman–Crippen LogP) is 2.75. The smallest absolute Gasteiger partial charge is 0.388 e. The Labute approximate surface area is 91.6 Å². The summed E-state index contributed by atoms with van der Waals surface area (Å²) in [6.45, 7) is 0. The van der Waals surface area contributed by atoms with Crippen LogP contribution in [0.25, 0.3) is 0 Å². The monoisotopic (exact) mass is 280 g/mol. The van der Waals surface area contributed by atoms with Gasteiger partial charge in [0.25, 0.3) is 0 Å². The molecule has 1 aromatic rings. The fourth-order valence-corrected chi connectivity index (χ4v) is 1.26. The maximum Gasteiger partial charge on any atom is 0.574 e. The third-order valence-corrected chi connectivity index (χ3v) is 2.01. The van der Waals surface area contributed by atoms with Crippen LogP contribution in [0.2, 0.25) is 0 Å². The van der Waals surface area contributed by atoms with Gasteiger partial charge in [0.15, 0.2) is 0 Å². The molecule has 0 spiro atoms. The van der Waals surface area contributed by atoms with Crippen molar-refractivity contribution in [1.82, 2.24) is 4.98 Å². The number of rotatable bonds is 2. The molecule has 0 fully saturated rings. The van der Waals surface area contributed by atoms with Crippen LogP contribution in [-0.4, -0.2) is 11.3 Å². The molecule has 1 rings (SSSR count). The second-order valence-electron chi connectivity index (χ2n) is 2.45. The lowest BCUT2D eigenvalue weighted by Crippen LogP contribution is -2.19. The molecule has 1 heterocycles. The highest BCUT2D eigenvalue weighted by Crippen LogP contribution is 2.26. The van der Waals surface area contributed by atoms with Crippen molar-refractivity contribution < 1.29 is 17.9 Å². The molecule has 0 radical (unpaired) electrons. The Morgan fingerprint density at radius 3 is 2.60 bits per heavy atom. The van der Waals surface area contributed by atoms with E-state index in [2.05, 4.69) is 25.7 Å². The van der Waals surface area contributed by atoms with Gasteiger partial charge in [0.2, 0.25) is 5.88 Å². The van der Waals surface area contributed by atoms with Gasteiger partial charge in [0, 0.05) is 10.9 Å². The van der Waals surface area contributed by atoms with Gasteiger partial charge in [-0.2, -0.15) is 5.26 Å². The van der Waals surface area contributed by atoms with Gasteiger partial charge in [0.1, 0.15) is 11.8 Å². The van der Waals surface area contributed by atoms with Crippen LogP contribution in [0, 0.1) is 11.3 Å². The van der Waals surface area contributed by atoms with E-state index in [9.17, 15) is 13.2 Å². The van der Waals surface area contributed by atoms with Gasteiger partial charge in [-0.3, -0.25) is 0 Å². The molecule has 0 aliphatic carbocycles. The Bertz CT molecular complexity index is 400. The second kappa shape index (κ2) is 4.49. The molecule has 7 heteroatoms. The Morgan fingerprint density at radius 2 is 2.13 bits per heavy atom. The van der Waals surface area contributed by atoms with Crippen LogP contribution in [0.4, 0.5) is 13.2 Å². The number of ether oxygens (including phenoxy) is 1. The highest BCUT2D eigenvalue weighted by atomic mass is 79.9. The molecular weight excluding hydrogens is 277 g/mol. The van der Waals surface area contributed by atoms with E-state index in [0.717, 1.165) is 0 Å². The first-order valence-corrected chi connectivity index (χ1v) is 4.80. The maximum atomic E-state index is 11.9. The standard InChI is InChI=1S/C8H4BrF3N2O/c9-3-5-1-2-6(4-13)14-7(5)15-8(10,11)12/h1-2H,3H2. The number of hydrogen-bond donors (Lipinski definition) is 0. The average Bonchev–Trinajstić information content (AvgIpc) is 2.15. The summed E-state index contributed by atoms with van der Waals surface area (Å²) in [5.74, 6) is -0.599. The van der Waals surface area contributed by atoms with Crippen LogP contribution < -0.4 is 4.74 Å². The number of aromatic nitrogens is 1. The van der Waals surface area contributed by atoms with Gasteiger partial charge >= 0.3 is 6.36 Å². The van der Waals surface area contributed by atoms with E-state index in [-0.39, 0.29) is 16.6 Å². The molecule has 0 aromatic carbocycles. The van der Waals surface area contributed by atoms with Crippen LogP contribution in [0.15, 0.2) is 12.1 Å². The molecule has 3 nitrogen and oxygen atoms in total. The van der Waals surface area contributed by atoms with E-state index in [1.807, 2.05) is 0 Å². The largest absolute Gasteiger partial charge is 0.574 e. The molecule has 0 N–H and O–H groups in total. The van der Waals surface area contributed by atoms with Crippen molar-refractivity contribution in [1.29, 1.82) is 5.26 Å². The van der Waals surface area contributed by atoms with Gasteiger partial charge in [-0.25, -0.2) is 4.98 Å². The van der Waals surface area contributed by atoms with Gasteiger partial charge in [-0.05, 0) is 12.1 Å². The molecule has 0 aliphatic heterocycles. The van der Waals surface area contributed by atoms with E-state index in [4.69, 9.17) is 5.26 Å². The van der Waals surface area contributed by atoms with E-state index in [1.54, 1.807) is 6.07 Å². The van der Waals surface area contributed by atoms with Crippen LogP contribution in [0.3, 0.4) is 0 Å². The summed E-state index contributed by atoms with van der Waals surface area (Å²) in [4.78, 5) is 3.41. The average molecular weight is 281 g/mol. The first-order valence-electron chi connectivity index (χ1n) is 3.68. The number of halogens is 4. The normalized spacial score (nSPS) is 10.9. The van der Waals surface area contributed by atoms with Crippen molar-refractivity contribution in [2.75, 3.05) is 0 Å². The summed E-state index contributed by atoms with van der Waals surface area (Å²) in [6.07, 6.45) is -4.81.